The average Bonchev–Trinajstić information content (AvgIpc) is 2.00. The molecule has 1 radical (unpaired) electrons. The minimum absolute atomic E-state index is 0.324. The van der Waals surface area contributed by atoms with Crippen molar-refractivity contribution < 1.29 is 14.3 Å². The summed E-state index contributed by atoms with van der Waals surface area (Å²) >= 11 is 0. The molecule has 0 heterocycles. The van der Waals surface area contributed by atoms with Gasteiger partial charge in [0, 0.05) is 0 Å². The lowest BCUT2D eigenvalue weighted by molar-refractivity contribution is -0.120. The van der Waals surface area contributed by atoms with Crippen LogP contribution in [0, 0.1) is 0 Å². The van der Waals surface area contributed by atoms with Gasteiger partial charge in [-0.05, 0) is 13.3 Å². The number of hydrogen-bond acceptors (Lipinski definition) is 3. The molecule has 69 valence electrons. The molecule has 0 aromatic carbocycles. The molecule has 0 saturated carbocycles. The third-order valence-electron chi connectivity index (χ3n) is 1.16. The van der Waals surface area contributed by atoms with E-state index >= 15 is 0 Å². The normalized spacial score (nSPS) is 11.8. The second kappa shape index (κ2) is 5.40. The molecule has 5 nitrogen and oxygen atoms in total. The van der Waals surface area contributed by atoms with Gasteiger partial charge in [0.1, 0.15) is 6.04 Å². The molecule has 0 aliphatic rings. The molecule has 0 saturated heterocycles. The molecule has 5 heteroatoms. The molecule has 0 aromatic rings. The van der Waals surface area contributed by atoms with E-state index in [-0.39, 0.29) is 0 Å². The Morgan fingerprint density at radius 3 is 2.58 bits per heavy atom. The first-order valence-corrected chi connectivity index (χ1v) is 3.76. The molecule has 1 atom stereocenters. The maximum atomic E-state index is 10.7. The largest absolute Gasteiger partial charge is 0.450 e. The van der Waals surface area contributed by atoms with Gasteiger partial charge in [-0.2, -0.15) is 0 Å². The molecule has 0 rings (SSSR count). The number of hydrogen-bond donors (Lipinski definition) is 1. The molecule has 0 spiro atoms. The zero-order chi connectivity index (χ0) is 9.56. The summed E-state index contributed by atoms with van der Waals surface area (Å²) in [5.41, 5.74) is 6.64. The van der Waals surface area contributed by atoms with Crippen molar-refractivity contribution in [3.63, 3.8) is 0 Å². The Hall–Kier alpha value is -1.26. The Kier molecular flexibility index (Phi) is 4.83. The van der Waals surface area contributed by atoms with Crippen LogP contribution >= 0.6 is 0 Å². The molecule has 2 amide bonds. The highest BCUT2D eigenvalue weighted by molar-refractivity contribution is 5.83. The lowest BCUT2D eigenvalue weighted by atomic mass is 10.3. The summed E-state index contributed by atoms with van der Waals surface area (Å²) in [6.45, 7) is 3.62. The van der Waals surface area contributed by atoms with E-state index in [0.29, 0.717) is 6.61 Å². The van der Waals surface area contributed by atoms with Crippen molar-refractivity contribution >= 4 is 12.0 Å². The second-order valence-corrected chi connectivity index (χ2v) is 2.37. The standard InChI is InChI=1S/C7H13N2O3/c1-3-4-12-7(11)9-5(2)6(8)10/h5,8H,3-4H2,1-2H3,(H,9,11). The van der Waals surface area contributed by atoms with Crippen molar-refractivity contribution in [3.8, 4) is 0 Å². The highest BCUT2D eigenvalue weighted by atomic mass is 16.5. The van der Waals surface area contributed by atoms with Crippen LogP contribution < -0.4 is 11.1 Å². The molecule has 0 fully saturated rings. The van der Waals surface area contributed by atoms with E-state index in [1.165, 1.54) is 6.92 Å². The Morgan fingerprint density at radius 1 is 1.58 bits per heavy atom. The topological polar surface area (TPSA) is 79.2 Å². The molecule has 12 heavy (non-hydrogen) atoms. The van der Waals surface area contributed by atoms with Gasteiger partial charge in [0.05, 0.1) is 6.61 Å². The summed E-state index contributed by atoms with van der Waals surface area (Å²) in [5, 5.41) is 2.22. The van der Waals surface area contributed by atoms with E-state index < -0.39 is 18.0 Å². The van der Waals surface area contributed by atoms with E-state index in [9.17, 15) is 9.59 Å². The van der Waals surface area contributed by atoms with Crippen molar-refractivity contribution in [3.05, 3.63) is 0 Å². The number of carbonyl (C=O) groups is 2. The zero-order valence-corrected chi connectivity index (χ0v) is 7.22. The summed E-state index contributed by atoms with van der Waals surface area (Å²) in [7, 11) is 0. The number of ether oxygens (including phenoxy) is 1. The number of nitrogens with one attached hydrogen (secondary N) is 2. The number of alkyl carbamates (subject to hydrolysis) is 1. The summed E-state index contributed by atoms with van der Waals surface area (Å²) in [4.78, 5) is 21.1. The average molecular weight is 173 g/mol. The van der Waals surface area contributed by atoms with Crippen LogP contribution in [-0.2, 0) is 9.53 Å². The molecule has 0 aliphatic heterocycles. The minimum atomic E-state index is -0.830. The van der Waals surface area contributed by atoms with E-state index in [4.69, 9.17) is 5.73 Å². The fourth-order valence-electron chi connectivity index (χ4n) is 0.479. The lowest BCUT2D eigenvalue weighted by Gasteiger charge is -2.08. The van der Waals surface area contributed by atoms with Crippen molar-refractivity contribution in [1.82, 2.24) is 11.1 Å². The quantitative estimate of drug-likeness (QED) is 0.664. The van der Waals surface area contributed by atoms with Crippen LogP contribution in [0.25, 0.3) is 0 Å². The van der Waals surface area contributed by atoms with Crippen LogP contribution in [0.15, 0.2) is 0 Å². The Morgan fingerprint density at radius 2 is 2.17 bits per heavy atom. The molecule has 0 aliphatic carbocycles. The number of rotatable bonds is 4. The van der Waals surface area contributed by atoms with E-state index in [2.05, 4.69) is 10.1 Å². The predicted molar refractivity (Wildman–Crippen MR) is 42.3 cm³/mol. The van der Waals surface area contributed by atoms with Crippen LogP contribution in [0.1, 0.15) is 20.3 Å². The van der Waals surface area contributed by atoms with E-state index in [0.717, 1.165) is 6.42 Å². The Balaban J connectivity index is 3.61. The van der Waals surface area contributed by atoms with Crippen LogP contribution in [0.4, 0.5) is 4.79 Å². The van der Waals surface area contributed by atoms with Crippen molar-refractivity contribution in [2.24, 2.45) is 0 Å². The van der Waals surface area contributed by atoms with Crippen molar-refractivity contribution in [2.45, 2.75) is 26.3 Å². The fourth-order valence-corrected chi connectivity index (χ4v) is 0.479. The van der Waals surface area contributed by atoms with Crippen LogP contribution in [-0.4, -0.2) is 24.6 Å². The number of amides is 2. The van der Waals surface area contributed by atoms with E-state index in [1.54, 1.807) is 0 Å². The Bertz CT molecular complexity index is 170. The summed E-state index contributed by atoms with van der Waals surface area (Å²) in [5.74, 6) is -0.830. The Labute approximate surface area is 71.3 Å². The smallest absolute Gasteiger partial charge is 0.407 e. The van der Waals surface area contributed by atoms with Gasteiger partial charge in [0.15, 0.2) is 0 Å². The summed E-state index contributed by atoms with van der Waals surface area (Å²) in [6, 6.07) is -0.797. The number of carbonyl (C=O) groups excluding carboxylic acids is 2. The van der Waals surface area contributed by atoms with Gasteiger partial charge < -0.3 is 10.1 Å². The highest BCUT2D eigenvalue weighted by Crippen LogP contribution is 1.85. The summed E-state index contributed by atoms with van der Waals surface area (Å²) < 4.78 is 4.63. The molecular formula is C7H13N2O3. The third-order valence-corrected chi connectivity index (χ3v) is 1.16. The van der Waals surface area contributed by atoms with Gasteiger partial charge in [-0.15, -0.1) is 0 Å². The van der Waals surface area contributed by atoms with Gasteiger partial charge in [-0.25, -0.2) is 4.79 Å². The van der Waals surface area contributed by atoms with Crippen LogP contribution in [0.5, 0.6) is 0 Å². The molecule has 1 unspecified atom stereocenters. The maximum absolute atomic E-state index is 10.7. The van der Waals surface area contributed by atoms with Gasteiger partial charge in [-0.3, -0.25) is 10.5 Å². The van der Waals surface area contributed by atoms with E-state index in [1.807, 2.05) is 6.92 Å². The van der Waals surface area contributed by atoms with Crippen molar-refractivity contribution in [1.29, 1.82) is 0 Å². The fraction of sp³-hybridized carbons (Fsp3) is 0.714. The molecule has 2 N–H and O–H groups in total. The van der Waals surface area contributed by atoms with Gasteiger partial charge in [0.25, 0.3) is 5.91 Å². The maximum Gasteiger partial charge on any atom is 0.407 e. The highest BCUT2D eigenvalue weighted by Gasteiger charge is 2.12. The van der Waals surface area contributed by atoms with Gasteiger partial charge >= 0.3 is 6.09 Å². The van der Waals surface area contributed by atoms with Crippen molar-refractivity contribution in [2.75, 3.05) is 6.61 Å². The SMILES string of the molecule is CCCOC(=O)NC(C)C([NH])=O. The van der Waals surface area contributed by atoms with Crippen LogP contribution in [0.3, 0.4) is 0 Å². The monoisotopic (exact) mass is 173 g/mol. The minimum Gasteiger partial charge on any atom is -0.450 e. The second-order valence-electron chi connectivity index (χ2n) is 2.37. The molecule has 0 aromatic heterocycles. The first-order chi connectivity index (χ1) is 5.57. The first kappa shape index (κ1) is 10.7. The molecular weight excluding hydrogens is 160 g/mol. The third kappa shape index (κ3) is 4.54. The molecule has 0 bridgehead atoms. The van der Waals surface area contributed by atoms with Gasteiger partial charge in [0.2, 0.25) is 0 Å². The van der Waals surface area contributed by atoms with Crippen LogP contribution in [0.2, 0.25) is 0 Å². The lowest BCUT2D eigenvalue weighted by Crippen LogP contribution is -2.39. The first-order valence-electron chi connectivity index (χ1n) is 3.76. The zero-order valence-electron chi connectivity index (χ0n) is 7.22. The predicted octanol–water partition coefficient (Wildman–Crippen LogP) is 0.321. The van der Waals surface area contributed by atoms with Gasteiger partial charge in [-0.1, -0.05) is 6.92 Å². The summed E-state index contributed by atoms with van der Waals surface area (Å²) in [6.07, 6.45) is 0.0846.